The van der Waals surface area contributed by atoms with Gasteiger partial charge >= 0.3 is 0 Å². The van der Waals surface area contributed by atoms with Crippen molar-refractivity contribution in [3.05, 3.63) is 53.0 Å². The topological polar surface area (TPSA) is 112 Å². The second kappa shape index (κ2) is 9.04. The lowest BCUT2D eigenvalue weighted by atomic mass is 10.3. The minimum absolute atomic E-state index is 0.261. The van der Waals surface area contributed by atoms with Crippen molar-refractivity contribution in [2.75, 3.05) is 43.6 Å². The molecule has 170 valence electrons. The Bertz CT molecular complexity index is 1340. The van der Waals surface area contributed by atoms with Crippen LogP contribution < -0.4 is 20.5 Å². The normalized spacial score (nSPS) is 13.9. The Morgan fingerprint density at radius 2 is 2.09 bits per heavy atom. The van der Waals surface area contributed by atoms with Crippen LogP contribution in [0.15, 0.2) is 51.9 Å². The number of fused-ring (bicyclic) bond motifs is 1. The molecule has 1 fully saturated rings. The molecule has 1 saturated heterocycles. The van der Waals surface area contributed by atoms with Crippen LogP contribution >= 0.6 is 11.3 Å². The molecule has 1 N–H and O–H groups in total. The summed E-state index contributed by atoms with van der Waals surface area (Å²) in [6, 6.07) is 10.5. The van der Waals surface area contributed by atoms with Crippen molar-refractivity contribution in [1.29, 1.82) is 0 Å². The maximum atomic E-state index is 13.2. The van der Waals surface area contributed by atoms with Crippen LogP contribution in [0.3, 0.4) is 0 Å². The van der Waals surface area contributed by atoms with Crippen molar-refractivity contribution < 1.29 is 18.7 Å². The molecule has 1 aromatic carbocycles. The molecular weight excluding hydrogens is 446 g/mol. The highest BCUT2D eigenvalue weighted by Gasteiger charge is 2.23. The molecule has 11 heteroatoms. The molecule has 0 aliphatic carbocycles. The molecule has 4 heterocycles. The van der Waals surface area contributed by atoms with Gasteiger partial charge in [-0.2, -0.15) is 5.10 Å². The van der Waals surface area contributed by atoms with Crippen LogP contribution in [-0.2, 0) is 16.1 Å². The fourth-order valence-corrected chi connectivity index (χ4v) is 4.66. The summed E-state index contributed by atoms with van der Waals surface area (Å²) >= 11 is 1.39. The number of morpholine rings is 1. The van der Waals surface area contributed by atoms with Gasteiger partial charge in [0.1, 0.15) is 18.0 Å². The number of amides is 1. The van der Waals surface area contributed by atoms with Crippen molar-refractivity contribution in [3.8, 4) is 17.2 Å². The Morgan fingerprint density at radius 3 is 2.85 bits per heavy atom. The lowest BCUT2D eigenvalue weighted by Gasteiger charge is -2.25. The van der Waals surface area contributed by atoms with Gasteiger partial charge in [0.25, 0.3) is 5.56 Å². The zero-order valence-corrected chi connectivity index (χ0v) is 18.6. The van der Waals surface area contributed by atoms with Gasteiger partial charge in [0.15, 0.2) is 16.4 Å². The van der Waals surface area contributed by atoms with Crippen LogP contribution in [0.5, 0.6) is 5.75 Å². The smallest absolute Gasteiger partial charge is 0.294 e. The average Bonchev–Trinajstić information content (AvgIpc) is 3.52. The lowest BCUT2D eigenvalue weighted by Crippen LogP contribution is -2.36. The predicted octanol–water partition coefficient (Wildman–Crippen LogP) is 2.60. The van der Waals surface area contributed by atoms with Crippen molar-refractivity contribution in [3.63, 3.8) is 0 Å². The molecule has 3 aromatic heterocycles. The van der Waals surface area contributed by atoms with E-state index >= 15 is 0 Å². The summed E-state index contributed by atoms with van der Waals surface area (Å²) in [6.07, 6.45) is 1.54. The van der Waals surface area contributed by atoms with E-state index in [4.69, 9.17) is 13.9 Å². The molecule has 1 aliphatic rings. The number of carbonyl (C=O) groups excluding carboxylic acids is 1. The largest absolute Gasteiger partial charge is 0.497 e. The standard InChI is InChI=1S/C22H21N5O5S/c1-30-15-5-2-4-14(12-15)23-17(28)13-27-21(29)19-20(18(25-27)16-6-3-9-32-16)33-22(24-19)26-7-10-31-11-8-26/h2-6,9,12H,7-8,10-11,13H2,1H3,(H,23,28). The molecule has 0 unspecified atom stereocenters. The molecule has 0 saturated carbocycles. The Morgan fingerprint density at radius 1 is 1.24 bits per heavy atom. The number of anilines is 2. The summed E-state index contributed by atoms with van der Waals surface area (Å²) < 4.78 is 17.9. The second-order valence-corrected chi connectivity index (χ2v) is 8.32. The summed E-state index contributed by atoms with van der Waals surface area (Å²) in [5.74, 6) is 0.716. The third-order valence-corrected chi connectivity index (χ3v) is 6.29. The van der Waals surface area contributed by atoms with Gasteiger partial charge in [-0.25, -0.2) is 9.67 Å². The number of ether oxygens (including phenoxy) is 2. The molecule has 33 heavy (non-hydrogen) atoms. The number of hydrogen-bond acceptors (Lipinski definition) is 9. The first-order valence-corrected chi connectivity index (χ1v) is 11.2. The van der Waals surface area contributed by atoms with Crippen molar-refractivity contribution in [2.45, 2.75) is 6.54 Å². The van der Waals surface area contributed by atoms with Gasteiger partial charge in [0, 0.05) is 24.8 Å². The number of methoxy groups -OCH3 is 1. The maximum Gasteiger partial charge on any atom is 0.294 e. The van der Waals surface area contributed by atoms with E-state index in [2.05, 4.69) is 20.3 Å². The van der Waals surface area contributed by atoms with Gasteiger partial charge in [-0.15, -0.1) is 0 Å². The minimum Gasteiger partial charge on any atom is -0.497 e. The van der Waals surface area contributed by atoms with Crippen LogP contribution in [0.1, 0.15) is 0 Å². The first-order valence-electron chi connectivity index (χ1n) is 10.3. The van der Waals surface area contributed by atoms with E-state index in [-0.39, 0.29) is 12.1 Å². The quantitative estimate of drug-likeness (QED) is 0.461. The number of carbonyl (C=O) groups is 1. The lowest BCUT2D eigenvalue weighted by molar-refractivity contribution is -0.117. The summed E-state index contributed by atoms with van der Waals surface area (Å²) in [4.78, 5) is 32.6. The highest BCUT2D eigenvalue weighted by atomic mass is 32.1. The predicted molar refractivity (Wildman–Crippen MR) is 124 cm³/mol. The molecule has 4 aromatic rings. The van der Waals surface area contributed by atoms with Gasteiger partial charge in [-0.1, -0.05) is 17.4 Å². The third-order valence-electron chi connectivity index (χ3n) is 5.17. The monoisotopic (exact) mass is 467 g/mol. The average molecular weight is 468 g/mol. The molecule has 10 nitrogen and oxygen atoms in total. The molecule has 0 atom stereocenters. The van der Waals surface area contributed by atoms with Gasteiger partial charge in [-0.3, -0.25) is 9.59 Å². The van der Waals surface area contributed by atoms with E-state index in [0.29, 0.717) is 53.9 Å². The van der Waals surface area contributed by atoms with Gasteiger partial charge < -0.3 is 24.1 Å². The number of thiazole rings is 1. The summed E-state index contributed by atoms with van der Waals surface area (Å²) in [5, 5.41) is 7.96. The third kappa shape index (κ3) is 4.32. The zero-order chi connectivity index (χ0) is 22.8. The van der Waals surface area contributed by atoms with E-state index in [1.54, 1.807) is 43.5 Å². The number of nitrogens with zero attached hydrogens (tertiary/aromatic N) is 4. The Labute approximate surface area is 192 Å². The Kier molecular flexibility index (Phi) is 5.80. The van der Waals surface area contributed by atoms with Crippen molar-refractivity contribution in [1.82, 2.24) is 14.8 Å². The minimum atomic E-state index is -0.433. The number of hydrogen-bond donors (Lipinski definition) is 1. The molecule has 1 aliphatic heterocycles. The Balaban J connectivity index is 1.51. The summed E-state index contributed by atoms with van der Waals surface area (Å²) in [7, 11) is 1.55. The SMILES string of the molecule is COc1cccc(NC(=O)Cn2nc(-c3ccco3)c3sc(N4CCOCC4)nc3c2=O)c1. The molecule has 0 spiro atoms. The molecule has 1 amide bonds. The van der Waals surface area contributed by atoms with Gasteiger partial charge in [0.2, 0.25) is 5.91 Å². The van der Waals surface area contributed by atoms with E-state index in [1.165, 1.54) is 17.6 Å². The van der Waals surface area contributed by atoms with Crippen molar-refractivity contribution in [2.24, 2.45) is 0 Å². The first-order chi connectivity index (χ1) is 16.1. The number of benzene rings is 1. The van der Waals surface area contributed by atoms with E-state index < -0.39 is 11.5 Å². The number of rotatable bonds is 6. The highest BCUT2D eigenvalue weighted by molar-refractivity contribution is 7.22. The van der Waals surface area contributed by atoms with Crippen LogP contribution in [0.25, 0.3) is 21.7 Å². The first kappa shape index (κ1) is 21.2. The van der Waals surface area contributed by atoms with Crippen LogP contribution in [0, 0.1) is 0 Å². The molecule has 0 radical (unpaired) electrons. The van der Waals surface area contributed by atoms with E-state index in [9.17, 15) is 9.59 Å². The zero-order valence-electron chi connectivity index (χ0n) is 17.8. The number of aromatic nitrogens is 3. The summed E-state index contributed by atoms with van der Waals surface area (Å²) in [5.41, 5.74) is 0.859. The fourth-order valence-electron chi connectivity index (χ4n) is 3.56. The van der Waals surface area contributed by atoms with E-state index in [0.717, 1.165) is 9.81 Å². The molecule has 5 rings (SSSR count). The van der Waals surface area contributed by atoms with Gasteiger partial charge in [-0.05, 0) is 24.3 Å². The number of nitrogens with one attached hydrogen (secondary N) is 1. The highest BCUT2D eigenvalue weighted by Crippen LogP contribution is 2.34. The van der Waals surface area contributed by atoms with Crippen LogP contribution in [0.4, 0.5) is 10.8 Å². The van der Waals surface area contributed by atoms with E-state index in [1.807, 2.05) is 0 Å². The van der Waals surface area contributed by atoms with Crippen LogP contribution in [-0.4, -0.2) is 54.1 Å². The van der Waals surface area contributed by atoms with Gasteiger partial charge in [0.05, 0.1) is 31.3 Å². The fraction of sp³-hybridized carbons (Fsp3) is 0.273. The molecule has 0 bridgehead atoms. The van der Waals surface area contributed by atoms with Crippen LogP contribution in [0.2, 0.25) is 0 Å². The maximum absolute atomic E-state index is 13.2. The molecular formula is C22H21N5O5S. The second-order valence-electron chi connectivity index (χ2n) is 7.34. The van der Waals surface area contributed by atoms with Crippen molar-refractivity contribution >= 4 is 38.3 Å². The Hall–Kier alpha value is -3.70. The summed E-state index contributed by atoms with van der Waals surface area (Å²) in [6.45, 7) is 2.33. The number of furan rings is 1.